The van der Waals surface area contributed by atoms with Crippen molar-refractivity contribution in [2.75, 3.05) is 20.3 Å². The van der Waals surface area contributed by atoms with Gasteiger partial charge >= 0.3 is 6.36 Å². The molecule has 2 aliphatic rings. The number of carbonyl (C=O) groups excluding carboxylic acids is 2. The summed E-state index contributed by atoms with van der Waals surface area (Å²) in [6.07, 6.45) is 1.98. The van der Waals surface area contributed by atoms with Crippen LogP contribution in [0.25, 0.3) is 0 Å². The third kappa shape index (κ3) is 10.9. The molecule has 1 aliphatic carbocycles. The van der Waals surface area contributed by atoms with Gasteiger partial charge < -0.3 is 19.7 Å². The van der Waals surface area contributed by atoms with Crippen molar-refractivity contribution >= 4 is 17.5 Å². The van der Waals surface area contributed by atoms with Crippen molar-refractivity contribution in [2.24, 2.45) is 21.7 Å². The number of benzene rings is 1. The van der Waals surface area contributed by atoms with Crippen LogP contribution in [0.5, 0.6) is 0 Å². The summed E-state index contributed by atoms with van der Waals surface area (Å²) in [5, 5.41) is 2.92. The fraction of sp³-hybridized carbons (Fsp3) is 0.649. The molecular weight excluding hydrogens is 607 g/mol. The zero-order valence-corrected chi connectivity index (χ0v) is 29.6. The summed E-state index contributed by atoms with van der Waals surface area (Å²) < 4.78 is 47.8. The summed E-state index contributed by atoms with van der Waals surface area (Å²) in [6.45, 7) is 18.4. The Kier molecular flexibility index (Phi) is 12.5. The molecule has 1 aromatic carbocycles. The van der Waals surface area contributed by atoms with Crippen molar-refractivity contribution in [1.82, 2.24) is 10.2 Å². The van der Waals surface area contributed by atoms with Crippen molar-refractivity contribution in [2.45, 2.75) is 118 Å². The van der Waals surface area contributed by atoms with E-state index in [0.717, 1.165) is 18.4 Å². The number of aliphatic imine (C=N–C) groups is 1. The molecule has 3 rings (SSSR count). The van der Waals surface area contributed by atoms with E-state index in [9.17, 15) is 22.8 Å². The van der Waals surface area contributed by atoms with Gasteiger partial charge in [-0.15, -0.1) is 13.2 Å². The monoisotopic (exact) mass is 661 g/mol. The van der Waals surface area contributed by atoms with E-state index >= 15 is 0 Å². The van der Waals surface area contributed by atoms with E-state index in [1.807, 2.05) is 24.0 Å². The second-order valence-corrected chi connectivity index (χ2v) is 15.4. The molecule has 1 aromatic rings. The minimum absolute atomic E-state index is 0.00450. The lowest BCUT2D eigenvalue weighted by molar-refractivity contribution is -0.306. The first-order valence-corrected chi connectivity index (χ1v) is 16.7. The molecule has 1 heterocycles. The number of allylic oxidation sites excluding steroid dienone is 3. The molecule has 2 amide bonds. The van der Waals surface area contributed by atoms with E-state index in [1.165, 1.54) is 12.2 Å². The first-order valence-electron chi connectivity index (χ1n) is 16.7. The third-order valence-electron chi connectivity index (χ3n) is 9.33. The van der Waals surface area contributed by atoms with E-state index in [0.29, 0.717) is 55.2 Å². The molecule has 0 bridgehead atoms. The van der Waals surface area contributed by atoms with Gasteiger partial charge in [-0.2, -0.15) is 0 Å². The Morgan fingerprint density at radius 1 is 1.04 bits per heavy atom. The highest BCUT2D eigenvalue weighted by molar-refractivity contribution is 6.46. The molecule has 3 atom stereocenters. The highest BCUT2D eigenvalue weighted by Gasteiger charge is 2.48. The van der Waals surface area contributed by atoms with E-state index < -0.39 is 12.0 Å². The Morgan fingerprint density at radius 2 is 1.70 bits per heavy atom. The van der Waals surface area contributed by atoms with Crippen LogP contribution in [0.3, 0.4) is 0 Å². The molecule has 0 saturated heterocycles. The second-order valence-electron chi connectivity index (χ2n) is 15.4. The van der Waals surface area contributed by atoms with Crippen LogP contribution in [-0.2, 0) is 14.3 Å². The van der Waals surface area contributed by atoms with Crippen LogP contribution < -0.4 is 5.32 Å². The van der Waals surface area contributed by atoms with Gasteiger partial charge in [-0.25, -0.2) is 0 Å². The number of hydrogen-bond donors (Lipinski definition) is 1. The molecule has 0 radical (unpaired) electrons. The number of nitrogens with zero attached hydrogens (tertiary/aromatic N) is 2. The van der Waals surface area contributed by atoms with Gasteiger partial charge in [0.1, 0.15) is 17.1 Å². The number of halogens is 3. The van der Waals surface area contributed by atoms with Gasteiger partial charge in [0.05, 0.1) is 6.04 Å². The average Bonchev–Trinajstić information content (AvgIpc) is 3.23. The summed E-state index contributed by atoms with van der Waals surface area (Å²) in [4.78, 5) is 34.3. The minimum Gasteiger partial charge on any atom is -0.410 e. The number of amides is 2. The van der Waals surface area contributed by atoms with Crippen molar-refractivity contribution < 1.29 is 32.2 Å². The molecule has 0 saturated carbocycles. The van der Waals surface area contributed by atoms with Gasteiger partial charge in [-0.3, -0.25) is 14.6 Å². The Morgan fingerprint density at radius 3 is 2.23 bits per heavy atom. The van der Waals surface area contributed by atoms with Crippen molar-refractivity contribution in [1.29, 1.82) is 0 Å². The van der Waals surface area contributed by atoms with Gasteiger partial charge in [0.2, 0.25) is 0 Å². The number of hydrogen-bond acceptors (Lipinski definition) is 5. The summed E-state index contributed by atoms with van der Waals surface area (Å²) in [6, 6.07) is 7.10. The smallest absolute Gasteiger partial charge is 0.410 e. The molecule has 1 aliphatic heterocycles. The number of alkyl halides is 3. The maximum atomic E-state index is 14.5. The maximum absolute atomic E-state index is 14.5. The number of rotatable bonds is 14. The predicted molar refractivity (Wildman–Crippen MR) is 180 cm³/mol. The molecule has 0 fully saturated rings. The van der Waals surface area contributed by atoms with Gasteiger partial charge in [0.15, 0.2) is 0 Å². The normalized spacial score (nSPS) is 20.4. The standard InChI is InChI=1S/C37H54F3N3O4/c1-25(35(5,6)7)19-22-36(8)42-31(27-15-17-29(18-16-27)47-37(38,39)40)33(45)43(36)30(20-21-34(2,3)4)26-11-13-28(14-12-26)32(44)41-23-10-24-46-9/h11-15,17,25,30H,10,16,18-24H2,1-9H3,(H,41,44). The van der Waals surface area contributed by atoms with Gasteiger partial charge in [-0.1, -0.05) is 66.7 Å². The van der Waals surface area contributed by atoms with Crippen LogP contribution >= 0.6 is 0 Å². The molecule has 1 N–H and O–H groups in total. The number of carbonyl (C=O) groups is 2. The minimum atomic E-state index is -4.77. The van der Waals surface area contributed by atoms with E-state index in [1.54, 1.807) is 19.2 Å². The molecule has 7 nitrogen and oxygen atoms in total. The topological polar surface area (TPSA) is 80.2 Å². The molecule has 262 valence electrons. The first-order chi connectivity index (χ1) is 21.7. The number of nitrogens with one attached hydrogen (secondary N) is 1. The number of methoxy groups -OCH3 is 1. The fourth-order valence-electron chi connectivity index (χ4n) is 5.90. The zero-order chi connectivity index (χ0) is 35.2. The molecule has 47 heavy (non-hydrogen) atoms. The quantitative estimate of drug-likeness (QED) is 0.202. The van der Waals surface area contributed by atoms with Crippen LogP contribution in [0, 0.1) is 16.7 Å². The van der Waals surface area contributed by atoms with Crippen molar-refractivity contribution in [3.63, 3.8) is 0 Å². The highest BCUT2D eigenvalue weighted by atomic mass is 19.4. The first kappa shape index (κ1) is 38.3. The van der Waals surface area contributed by atoms with E-state index in [4.69, 9.17) is 9.73 Å². The fourth-order valence-corrected chi connectivity index (χ4v) is 5.90. The van der Waals surface area contributed by atoms with Crippen LogP contribution in [0.1, 0.15) is 122 Å². The second kappa shape index (κ2) is 15.4. The molecular formula is C37H54F3N3O4. The van der Waals surface area contributed by atoms with E-state index in [-0.39, 0.29) is 47.3 Å². The van der Waals surface area contributed by atoms with Gasteiger partial charge in [0.25, 0.3) is 11.8 Å². The molecule has 0 spiro atoms. The summed E-state index contributed by atoms with van der Waals surface area (Å²) in [5.74, 6) is -0.232. The summed E-state index contributed by atoms with van der Waals surface area (Å²) >= 11 is 0. The lowest BCUT2D eigenvalue weighted by Gasteiger charge is -2.41. The SMILES string of the molecule is COCCCNC(=O)c1ccc(C(CCC(C)(C)C)N2C(=O)C(C3=CC=C(OC(F)(F)F)CC3)=NC2(C)CCC(C)C(C)(C)C)cc1. The maximum Gasteiger partial charge on any atom is 0.572 e. The van der Waals surface area contributed by atoms with Crippen molar-refractivity contribution in [3.8, 4) is 0 Å². The summed E-state index contributed by atoms with van der Waals surface area (Å²) in [7, 11) is 1.62. The third-order valence-corrected chi connectivity index (χ3v) is 9.33. The Bertz CT molecular complexity index is 1340. The number of ether oxygens (including phenoxy) is 2. The lowest BCUT2D eigenvalue weighted by Crippen LogP contribution is -2.47. The molecule has 3 unspecified atom stereocenters. The Labute approximate surface area is 279 Å². The van der Waals surface area contributed by atoms with Crippen molar-refractivity contribution in [3.05, 3.63) is 58.9 Å². The highest BCUT2D eigenvalue weighted by Crippen LogP contribution is 2.44. The van der Waals surface area contributed by atoms with Crippen LogP contribution in [0.15, 0.2) is 52.7 Å². The molecule has 0 aromatic heterocycles. The van der Waals surface area contributed by atoms with Crippen LogP contribution in [-0.4, -0.2) is 54.7 Å². The predicted octanol–water partition coefficient (Wildman–Crippen LogP) is 8.92. The largest absolute Gasteiger partial charge is 0.572 e. The Balaban J connectivity index is 2.02. The molecule has 10 heteroatoms. The average molecular weight is 662 g/mol. The zero-order valence-electron chi connectivity index (χ0n) is 29.6. The van der Waals surface area contributed by atoms with Crippen LogP contribution in [0.4, 0.5) is 13.2 Å². The van der Waals surface area contributed by atoms with E-state index in [2.05, 4.69) is 58.5 Å². The summed E-state index contributed by atoms with van der Waals surface area (Å²) in [5.41, 5.74) is 1.53. The van der Waals surface area contributed by atoms with Gasteiger partial charge in [0, 0.05) is 32.2 Å². The van der Waals surface area contributed by atoms with Crippen LogP contribution in [0.2, 0.25) is 0 Å². The Hall–Kier alpha value is -3.14. The van der Waals surface area contributed by atoms with Gasteiger partial charge in [-0.05, 0) is 91.5 Å². The lowest BCUT2D eigenvalue weighted by atomic mass is 9.78.